The van der Waals surface area contributed by atoms with Gasteiger partial charge in [0.25, 0.3) is 0 Å². The van der Waals surface area contributed by atoms with Crippen LogP contribution in [0.25, 0.3) is 21.7 Å². The molecule has 2 aromatic carbocycles. The van der Waals surface area contributed by atoms with E-state index in [0.717, 1.165) is 41.4 Å². The molecule has 0 radical (unpaired) electrons. The fourth-order valence-electron chi connectivity index (χ4n) is 3.70. The van der Waals surface area contributed by atoms with Crippen LogP contribution in [0, 0.1) is 5.92 Å². The van der Waals surface area contributed by atoms with Crippen molar-refractivity contribution in [3.8, 4) is 0 Å². The van der Waals surface area contributed by atoms with Gasteiger partial charge in [-0.2, -0.15) is 0 Å². The van der Waals surface area contributed by atoms with E-state index in [1.54, 1.807) is 6.26 Å². The van der Waals surface area contributed by atoms with Crippen LogP contribution < -0.4 is 0 Å². The van der Waals surface area contributed by atoms with Gasteiger partial charge in [-0.3, -0.25) is 4.79 Å². The lowest BCUT2D eigenvalue weighted by atomic mass is 9.98. The van der Waals surface area contributed by atoms with E-state index in [9.17, 15) is 4.79 Å². The Kier molecular flexibility index (Phi) is 3.56. The van der Waals surface area contributed by atoms with Crippen molar-refractivity contribution in [2.24, 2.45) is 5.92 Å². The Bertz CT molecular complexity index is 864. The third-order valence-electron chi connectivity index (χ3n) is 4.89. The van der Waals surface area contributed by atoms with E-state index in [1.165, 1.54) is 11.8 Å². The Labute approximate surface area is 135 Å². The van der Waals surface area contributed by atoms with Crippen molar-refractivity contribution in [3.63, 3.8) is 0 Å². The molecule has 2 heterocycles. The molecule has 4 rings (SSSR count). The molecule has 3 aromatic rings. The number of carbonyl (C=O) groups is 1. The van der Waals surface area contributed by atoms with Gasteiger partial charge >= 0.3 is 0 Å². The highest BCUT2D eigenvalue weighted by Gasteiger charge is 2.22. The third kappa shape index (κ3) is 2.61. The standard InChI is InChI=1S/C20H21NO2/c1-14-5-4-10-21(12-14)19(22)11-16-13-23-18-9-8-15-6-2-3-7-17(15)20(16)18/h2-3,6-9,13-14H,4-5,10-12H2,1H3/t14-/m1/s1. The van der Waals surface area contributed by atoms with E-state index in [0.29, 0.717) is 12.3 Å². The summed E-state index contributed by atoms with van der Waals surface area (Å²) in [6, 6.07) is 12.3. The van der Waals surface area contributed by atoms with Crippen LogP contribution in [0.15, 0.2) is 47.1 Å². The first-order valence-electron chi connectivity index (χ1n) is 8.38. The predicted octanol–water partition coefficient (Wildman–Crippen LogP) is 4.39. The van der Waals surface area contributed by atoms with Crippen LogP contribution in [-0.2, 0) is 11.2 Å². The molecule has 1 amide bonds. The maximum absolute atomic E-state index is 12.7. The van der Waals surface area contributed by atoms with Gasteiger partial charge < -0.3 is 9.32 Å². The van der Waals surface area contributed by atoms with Crippen LogP contribution >= 0.6 is 0 Å². The summed E-state index contributed by atoms with van der Waals surface area (Å²) in [4.78, 5) is 14.7. The van der Waals surface area contributed by atoms with Gasteiger partial charge in [-0.1, -0.05) is 37.3 Å². The van der Waals surface area contributed by atoms with E-state index < -0.39 is 0 Å². The largest absolute Gasteiger partial charge is 0.464 e. The van der Waals surface area contributed by atoms with Crippen molar-refractivity contribution in [1.29, 1.82) is 0 Å². The van der Waals surface area contributed by atoms with Crippen molar-refractivity contribution in [2.45, 2.75) is 26.2 Å². The molecule has 1 fully saturated rings. The Morgan fingerprint density at radius 2 is 2.13 bits per heavy atom. The number of furan rings is 1. The summed E-state index contributed by atoms with van der Waals surface area (Å²) in [7, 11) is 0. The molecule has 0 bridgehead atoms. The van der Waals surface area contributed by atoms with Gasteiger partial charge in [0.1, 0.15) is 5.58 Å². The Balaban J connectivity index is 1.69. The molecule has 1 saturated heterocycles. The van der Waals surface area contributed by atoms with Gasteiger partial charge in [0.05, 0.1) is 12.7 Å². The van der Waals surface area contributed by atoms with Gasteiger partial charge in [0.15, 0.2) is 0 Å². The monoisotopic (exact) mass is 307 g/mol. The van der Waals surface area contributed by atoms with Crippen LogP contribution in [0.5, 0.6) is 0 Å². The third-order valence-corrected chi connectivity index (χ3v) is 4.89. The van der Waals surface area contributed by atoms with Crippen molar-refractivity contribution in [2.75, 3.05) is 13.1 Å². The number of benzene rings is 2. The number of hydrogen-bond donors (Lipinski definition) is 0. The van der Waals surface area contributed by atoms with Gasteiger partial charge in [0.2, 0.25) is 5.91 Å². The first-order chi connectivity index (χ1) is 11.2. The molecule has 1 aliphatic heterocycles. The second kappa shape index (κ2) is 5.73. The molecule has 1 aromatic heterocycles. The summed E-state index contributed by atoms with van der Waals surface area (Å²) >= 11 is 0. The summed E-state index contributed by atoms with van der Waals surface area (Å²) in [5, 5.41) is 3.43. The Hall–Kier alpha value is -2.29. The lowest BCUT2D eigenvalue weighted by molar-refractivity contribution is -0.132. The van der Waals surface area contributed by atoms with Gasteiger partial charge in [0, 0.05) is 24.0 Å². The van der Waals surface area contributed by atoms with Gasteiger partial charge in [-0.05, 0) is 35.6 Å². The number of nitrogens with zero attached hydrogens (tertiary/aromatic N) is 1. The molecule has 23 heavy (non-hydrogen) atoms. The number of hydrogen-bond acceptors (Lipinski definition) is 2. The first kappa shape index (κ1) is 14.3. The normalized spacial score (nSPS) is 18.7. The summed E-state index contributed by atoms with van der Waals surface area (Å²) in [5.41, 5.74) is 1.86. The highest BCUT2D eigenvalue weighted by Crippen LogP contribution is 2.30. The highest BCUT2D eigenvalue weighted by molar-refractivity contribution is 6.08. The molecule has 3 nitrogen and oxygen atoms in total. The number of fused-ring (bicyclic) bond motifs is 3. The quantitative estimate of drug-likeness (QED) is 0.703. The zero-order valence-corrected chi connectivity index (χ0v) is 13.4. The molecule has 0 unspecified atom stereocenters. The van der Waals surface area contributed by atoms with Crippen molar-refractivity contribution in [1.82, 2.24) is 4.90 Å². The zero-order chi connectivity index (χ0) is 15.8. The average Bonchev–Trinajstić information content (AvgIpc) is 2.98. The highest BCUT2D eigenvalue weighted by atomic mass is 16.3. The second-order valence-electron chi connectivity index (χ2n) is 6.68. The SMILES string of the molecule is C[C@@H]1CCCN(C(=O)Cc2coc3ccc4ccccc4c23)C1. The van der Waals surface area contributed by atoms with E-state index >= 15 is 0 Å². The Morgan fingerprint density at radius 1 is 1.26 bits per heavy atom. The molecular weight excluding hydrogens is 286 g/mol. The lowest BCUT2D eigenvalue weighted by Gasteiger charge is -2.31. The molecule has 0 aliphatic carbocycles. The molecule has 0 N–H and O–H groups in total. The van der Waals surface area contributed by atoms with Crippen LogP contribution in [0.2, 0.25) is 0 Å². The number of rotatable bonds is 2. The number of amides is 1. The fraction of sp³-hybridized carbons (Fsp3) is 0.350. The minimum absolute atomic E-state index is 0.215. The molecule has 0 saturated carbocycles. The fourth-order valence-corrected chi connectivity index (χ4v) is 3.70. The maximum atomic E-state index is 12.7. The molecule has 1 atom stereocenters. The van der Waals surface area contributed by atoms with Crippen LogP contribution in [-0.4, -0.2) is 23.9 Å². The predicted molar refractivity (Wildman–Crippen MR) is 92.4 cm³/mol. The topological polar surface area (TPSA) is 33.5 Å². The average molecular weight is 307 g/mol. The van der Waals surface area contributed by atoms with Crippen molar-refractivity contribution < 1.29 is 9.21 Å². The van der Waals surface area contributed by atoms with E-state index in [1.807, 2.05) is 23.1 Å². The Morgan fingerprint density at radius 3 is 3.00 bits per heavy atom. The smallest absolute Gasteiger partial charge is 0.227 e. The van der Waals surface area contributed by atoms with E-state index in [2.05, 4.69) is 25.1 Å². The van der Waals surface area contributed by atoms with Crippen molar-refractivity contribution >= 4 is 27.6 Å². The number of carbonyl (C=O) groups excluding carboxylic acids is 1. The van der Waals surface area contributed by atoms with Gasteiger partial charge in [-0.25, -0.2) is 0 Å². The number of piperidine rings is 1. The molecular formula is C20H21NO2. The first-order valence-corrected chi connectivity index (χ1v) is 8.38. The zero-order valence-electron chi connectivity index (χ0n) is 13.4. The molecule has 3 heteroatoms. The minimum atomic E-state index is 0.215. The lowest BCUT2D eigenvalue weighted by Crippen LogP contribution is -2.39. The summed E-state index contributed by atoms with van der Waals surface area (Å²) < 4.78 is 5.70. The summed E-state index contributed by atoms with van der Waals surface area (Å²) in [6.45, 7) is 4.00. The van der Waals surface area contributed by atoms with Gasteiger partial charge in [-0.15, -0.1) is 0 Å². The summed E-state index contributed by atoms with van der Waals surface area (Å²) in [5.74, 6) is 0.821. The van der Waals surface area contributed by atoms with Crippen LogP contribution in [0.3, 0.4) is 0 Å². The molecule has 118 valence electrons. The van der Waals surface area contributed by atoms with Crippen LogP contribution in [0.4, 0.5) is 0 Å². The second-order valence-corrected chi connectivity index (χ2v) is 6.68. The van der Waals surface area contributed by atoms with E-state index in [4.69, 9.17) is 4.42 Å². The molecule has 0 spiro atoms. The van der Waals surface area contributed by atoms with E-state index in [-0.39, 0.29) is 5.91 Å². The van der Waals surface area contributed by atoms with Crippen molar-refractivity contribution in [3.05, 3.63) is 48.2 Å². The maximum Gasteiger partial charge on any atom is 0.227 e. The summed E-state index contributed by atoms with van der Waals surface area (Å²) in [6.07, 6.45) is 4.52. The molecule has 1 aliphatic rings. The minimum Gasteiger partial charge on any atom is -0.464 e. The number of likely N-dealkylation sites (tertiary alicyclic amines) is 1. The van der Waals surface area contributed by atoms with Crippen LogP contribution in [0.1, 0.15) is 25.3 Å².